The first-order valence-corrected chi connectivity index (χ1v) is 7.98. The van der Waals surface area contributed by atoms with Crippen molar-refractivity contribution in [2.75, 3.05) is 5.33 Å². The average Bonchev–Trinajstić information content (AvgIpc) is 2.39. The molecular formula is C15H21BrN2O. The number of halogens is 1. The quantitative estimate of drug-likeness (QED) is 0.865. The summed E-state index contributed by atoms with van der Waals surface area (Å²) in [4.78, 5) is 16.6. The van der Waals surface area contributed by atoms with Gasteiger partial charge in [-0.1, -0.05) is 41.8 Å². The van der Waals surface area contributed by atoms with E-state index in [0.717, 1.165) is 23.7 Å². The van der Waals surface area contributed by atoms with Crippen molar-refractivity contribution in [2.24, 2.45) is 5.92 Å². The van der Waals surface area contributed by atoms with Gasteiger partial charge in [0.25, 0.3) is 5.91 Å². The van der Waals surface area contributed by atoms with Crippen molar-refractivity contribution in [3.8, 4) is 0 Å². The molecule has 104 valence electrons. The first kappa shape index (κ1) is 14.5. The van der Waals surface area contributed by atoms with Crippen LogP contribution < -0.4 is 5.32 Å². The number of hydrogen-bond acceptors (Lipinski definition) is 2. The van der Waals surface area contributed by atoms with Crippen LogP contribution in [0.15, 0.2) is 18.3 Å². The Morgan fingerprint density at radius 2 is 2.42 bits per heavy atom. The van der Waals surface area contributed by atoms with Crippen LogP contribution in [-0.4, -0.2) is 21.8 Å². The number of aryl methyl sites for hydroxylation is 1. The monoisotopic (exact) mass is 324 g/mol. The lowest BCUT2D eigenvalue weighted by Gasteiger charge is -2.39. The second kappa shape index (κ2) is 6.04. The van der Waals surface area contributed by atoms with Crippen LogP contribution in [0.1, 0.15) is 48.7 Å². The number of rotatable bonds is 3. The van der Waals surface area contributed by atoms with Gasteiger partial charge in [0.15, 0.2) is 0 Å². The highest BCUT2D eigenvalue weighted by atomic mass is 79.9. The maximum absolute atomic E-state index is 12.4. The Kier molecular flexibility index (Phi) is 4.61. The van der Waals surface area contributed by atoms with Gasteiger partial charge < -0.3 is 5.32 Å². The topological polar surface area (TPSA) is 42.0 Å². The highest BCUT2D eigenvalue weighted by Crippen LogP contribution is 2.33. The van der Waals surface area contributed by atoms with Crippen molar-refractivity contribution in [3.05, 3.63) is 29.6 Å². The molecule has 1 aliphatic rings. The minimum atomic E-state index is -0.112. The van der Waals surface area contributed by atoms with Crippen LogP contribution in [0.5, 0.6) is 0 Å². The molecule has 0 aromatic carbocycles. The van der Waals surface area contributed by atoms with Crippen LogP contribution in [0.4, 0.5) is 0 Å². The zero-order valence-electron chi connectivity index (χ0n) is 11.6. The summed E-state index contributed by atoms with van der Waals surface area (Å²) in [7, 11) is 0. The predicted octanol–water partition coefficient (Wildman–Crippen LogP) is 3.46. The number of alkyl halides is 1. The molecule has 0 saturated heterocycles. The maximum Gasteiger partial charge on any atom is 0.270 e. The van der Waals surface area contributed by atoms with E-state index in [0.29, 0.717) is 11.6 Å². The van der Waals surface area contributed by atoms with Crippen LogP contribution in [0, 0.1) is 12.8 Å². The van der Waals surface area contributed by atoms with Crippen molar-refractivity contribution in [3.63, 3.8) is 0 Å². The molecule has 1 aromatic rings. The second-order valence-corrected chi connectivity index (χ2v) is 6.30. The molecule has 1 aromatic heterocycles. The molecule has 1 fully saturated rings. The summed E-state index contributed by atoms with van der Waals surface area (Å²) in [5.74, 6) is 0.614. The van der Waals surface area contributed by atoms with Crippen LogP contribution in [0.25, 0.3) is 0 Å². The normalized spacial score (nSPS) is 27.0. The number of carbonyl (C=O) groups excluding carboxylic acids is 1. The minimum Gasteiger partial charge on any atom is -0.344 e. The Labute approximate surface area is 123 Å². The number of aromatic nitrogens is 1. The van der Waals surface area contributed by atoms with Gasteiger partial charge in [0, 0.05) is 11.5 Å². The van der Waals surface area contributed by atoms with E-state index in [9.17, 15) is 4.79 Å². The summed E-state index contributed by atoms with van der Waals surface area (Å²) < 4.78 is 0. The Hall–Kier alpha value is -0.900. The molecule has 0 aliphatic heterocycles. The molecule has 2 rings (SSSR count). The number of nitrogens with one attached hydrogen (secondary N) is 1. The molecule has 2 atom stereocenters. The molecule has 2 unspecified atom stereocenters. The van der Waals surface area contributed by atoms with Gasteiger partial charge in [-0.15, -0.1) is 0 Å². The molecule has 19 heavy (non-hydrogen) atoms. The van der Waals surface area contributed by atoms with Crippen LogP contribution in [-0.2, 0) is 0 Å². The zero-order chi connectivity index (χ0) is 13.9. The van der Waals surface area contributed by atoms with Gasteiger partial charge >= 0.3 is 0 Å². The highest BCUT2D eigenvalue weighted by Gasteiger charge is 2.35. The van der Waals surface area contributed by atoms with Gasteiger partial charge in [-0.3, -0.25) is 9.78 Å². The standard InChI is InChI=1S/C15H21BrN2O/c1-11-5-3-7-15(9-11,10-16)18-14(19)13-12(2)6-4-8-17-13/h4,6,8,11H,3,5,7,9-10H2,1-2H3,(H,18,19). The third-order valence-corrected chi connectivity index (χ3v) is 5.02. The molecule has 1 saturated carbocycles. The zero-order valence-corrected chi connectivity index (χ0v) is 13.2. The summed E-state index contributed by atoms with van der Waals surface area (Å²) in [6, 6.07) is 3.78. The number of nitrogens with zero attached hydrogens (tertiary/aromatic N) is 1. The Balaban J connectivity index is 2.14. The molecule has 1 N–H and O–H groups in total. The lowest BCUT2D eigenvalue weighted by Crippen LogP contribution is -2.52. The van der Waals surface area contributed by atoms with Crippen LogP contribution >= 0.6 is 15.9 Å². The molecule has 1 heterocycles. The van der Waals surface area contributed by atoms with Crippen molar-refractivity contribution in [1.82, 2.24) is 10.3 Å². The fraction of sp³-hybridized carbons (Fsp3) is 0.600. The van der Waals surface area contributed by atoms with E-state index in [2.05, 4.69) is 33.2 Å². The van der Waals surface area contributed by atoms with E-state index in [1.165, 1.54) is 12.8 Å². The van der Waals surface area contributed by atoms with Crippen molar-refractivity contribution >= 4 is 21.8 Å². The largest absolute Gasteiger partial charge is 0.344 e. The third-order valence-electron chi connectivity index (χ3n) is 3.95. The van der Waals surface area contributed by atoms with Gasteiger partial charge in [0.05, 0.1) is 5.54 Å². The lowest BCUT2D eigenvalue weighted by molar-refractivity contribution is 0.0863. The summed E-state index contributed by atoms with van der Waals surface area (Å²) in [5.41, 5.74) is 1.35. The molecule has 1 amide bonds. The summed E-state index contributed by atoms with van der Waals surface area (Å²) in [6.07, 6.45) is 6.18. The van der Waals surface area contributed by atoms with Crippen LogP contribution in [0.2, 0.25) is 0 Å². The first-order valence-electron chi connectivity index (χ1n) is 6.86. The van der Waals surface area contributed by atoms with E-state index >= 15 is 0 Å². The number of pyridine rings is 1. The van der Waals surface area contributed by atoms with Gasteiger partial charge in [0.2, 0.25) is 0 Å². The minimum absolute atomic E-state index is 0.0494. The van der Waals surface area contributed by atoms with Gasteiger partial charge in [-0.05, 0) is 37.3 Å². The first-order chi connectivity index (χ1) is 9.06. The van der Waals surface area contributed by atoms with E-state index in [1.54, 1.807) is 6.20 Å². The lowest BCUT2D eigenvalue weighted by atomic mass is 9.77. The Morgan fingerprint density at radius 1 is 1.63 bits per heavy atom. The molecule has 0 bridgehead atoms. The summed E-state index contributed by atoms with van der Waals surface area (Å²) >= 11 is 3.58. The number of carbonyl (C=O) groups is 1. The fourth-order valence-electron chi connectivity index (χ4n) is 2.95. The van der Waals surface area contributed by atoms with E-state index < -0.39 is 0 Å². The average molecular weight is 325 g/mol. The molecular weight excluding hydrogens is 304 g/mol. The molecule has 3 nitrogen and oxygen atoms in total. The number of hydrogen-bond donors (Lipinski definition) is 1. The predicted molar refractivity (Wildman–Crippen MR) is 80.6 cm³/mol. The van der Waals surface area contributed by atoms with Crippen molar-refractivity contribution in [2.45, 2.75) is 45.1 Å². The smallest absolute Gasteiger partial charge is 0.270 e. The van der Waals surface area contributed by atoms with E-state index in [1.807, 2.05) is 19.1 Å². The molecule has 0 spiro atoms. The fourth-order valence-corrected chi connectivity index (χ4v) is 3.60. The summed E-state index contributed by atoms with van der Waals surface area (Å²) in [5, 5.41) is 4.03. The number of amides is 1. The highest BCUT2D eigenvalue weighted by molar-refractivity contribution is 9.09. The SMILES string of the molecule is Cc1cccnc1C(=O)NC1(CBr)CCCC(C)C1. The third kappa shape index (κ3) is 3.35. The van der Waals surface area contributed by atoms with Gasteiger partial charge in [-0.2, -0.15) is 0 Å². The molecule has 0 radical (unpaired) electrons. The second-order valence-electron chi connectivity index (χ2n) is 5.74. The summed E-state index contributed by atoms with van der Waals surface area (Å²) in [6.45, 7) is 4.18. The Morgan fingerprint density at radius 3 is 3.05 bits per heavy atom. The van der Waals surface area contributed by atoms with Crippen molar-refractivity contribution in [1.29, 1.82) is 0 Å². The van der Waals surface area contributed by atoms with E-state index in [4.69, 9.17) is 0 Å². The van der Waals surface area contributed by atoms with Gasteiger partial charge in [0.1, 0.15) is 5.69 Å². The maximum atomic E-state index is 12.4. The van der Waals surface area contributed by atoms with E-state index in [-0.39, 0.29) is 11.4 Å². The van der Waals surface area contributed by atoms with Crippen molar-refractivity contribution < 1.29 is 4.79 Å². The molecule has 1 aliphatic carbocycles. The molecule has 4 heteroatoms. The Bertz CT molecular complexity index is 463. The van der Waals surface area contributed by atoms with Gasteiger partial charge in [-0.25, -0.2) is 0 Å². The van der Waals surface area contributed by atoms with Crippen LogP contribution in [0.3, 0.4) is 0 Å².